The zero-order valence-electron chi connectivity index (χ0n) is 20.2. The summed E-state index contributed by atoms with van der Waals surface area (Å²) in [6, 6.07) is 15.6. The van der Waals surface area contributed by atoms with Gasteiger partial charge in [0.25, 0.3) is 17.1 Å². The highest BCUT2D eigenvalue weighted by Crippen LogP contribution is 2.39. The number of nitrogens with zero attached hydrogens (tertiary/aromatic N) is 1. The lowest BCUT2D eigenvalue weighted by atomic mass is 10.1. The van der Waals surface area contributed by atoms with Crippen molar-refractivity contribution in [3.05, 3.63) is 90.7 Å². The number of aryl methyl sites for hydroxylation is 1. The molecule has 38 heavy (non-hydrogen) atoms. The topological polar surface area (TPSA) is 84.9 Å². The van der Waals surface area contributed by atoms with Crippen LogP contribution in [0.3, 0.4) is 0 Å². The molecule has 1 aliphatic heterocycles. The summed E-state index contributed by atoms with van der Waals surface area (Å²) in [6.07, 6.45) is 1.60. The molecular weight excluding hydrogens is 615 g/mol. The monoisotopic (exact) mass is 634 g/mol. The highest BCUT2D eigenvalue weighted by atomic mass is 79.9. The normalized spacial score (nSPS) is 14.2. The van der Waals surface area contributed by atoms with Gasteiger partial charge in [-0.25, -0.2) is 0 Å². The number of hydrogen-bond donors (Lipinski definition) is 1. The van der Waals surface area contributed by atoms with Crippen LogP contribution in [0.4, 0.5) is 10.5 Å². The number of hydrogen-bond acceptors (Lipinski definition) is 6. The Morgan fingerprint density at radius 1 is 1.13 bits per heavy atom. The van der Waals surface area contributed by atoms with E-state index in [0.717, 1.165) is 22.9 Å². The molecule has 0 atom stereocenters. The van der Waals surface area contributed by atoms with Crippen molar-refractivity contribution in [1.29, 1.82) is 0 Å². The van der Waals surface area contributed by atoms with Crippen molar-refractivity contribution in [1.82, 2.24) is 4.90 Å². The molecule has 1 aliphatic rings. The van der Waals surface area contributed by atoms with E-state index in [1.165, 1.54) is 12.0 Å². The Morgan fingerprint density at radius 2 is 1.92 bits per heavy atom. The number of imide groups is 1. The summed E-state index contributed by atoms with van der Waals surface area (Å²) in [5.41, 5.74) is 2.81. The summed E-state index contributed by atoms with van der Waals surface area (Å²) >= 11 is 16.4. The van der Waals surface area contributed by atoms with Crippen LogP contribution < -0.4 is 14.8 Å². The van der Waals surface area contributed by atoms with Gasteiger partial charge < -0.3 is 14.8 Å². The Morgan fingerprint density at radius 3 is 2.63 bits per heavy atom. The minimum absolute atomic E-state index is 0.124. The molecule has 1 N–H and O–H groups in total. The lowest BCUT2D eigenvalue weighted by Crippen LogP contribution is -2.27. The summed E-state index contributed by atoms with van der Waals surface area (Å²) < 4.78 is 11.7. The van der Waals surface area contributed by atoms with Gasteiger partial charge in [0, 0.05) is 15.7 Å². The smallest absolute Gasteiger partial charge is 0.293 e. The van der Waals surface area contributed by atoms with E-state index in [-0.39, 0.29) is 29.2 Å². The third-order valence-electron chi connectivity index (χ3n) is 5.46. The SMILES string of the molecule is COc1cc(/C=C2\SC(=O)N(Cc3cccc(Cl)c3)C2=O)cc(Br)c1OCC(=O)Nc1ccc(C)c(Cl)c1. The van der Waals surface area contributed by atoms with E-state index in [1.54, 1.807) is 54.6 Å². The standard InChI is InChI=1S/C27H21BrCl2N2O5S/c1-15-6-7-19(12-21(15)30)31-24(33)14-37-25-20(28)9-17(10-22(25)36-2)11-23-26(34)32(27(35)38-23)13-16-4-3-5-18(29)8-16/h3-12H,13-14H2,1-2H3,(H,31,33)/b23-11-. The Hall–Kier alpha value is -2.98. The van der Waals surface area contributed by atoms with Crippen LogP contribution in [0.5, 0.6) is 11.5 Å². The minimum Gasteiger partial charge on any atom is -0.493 e. The fourth-order valence-corrected chi connectivity index (χ4v) is 5.38. The van der Waals surface area contributed by atoms with Gasteiger partial charge in [-0.2, -0.15) is 0 Å². The van der Waals surface area contributed by atoms with Gasteiger partial charge in [-0.15, -0.1) is 0 Å². The Kier molecular flexibility index (Phi) is 9.04. The molecular formula is C27H21BrCl2N2O5S. The molecule has 3 aromatic rings. The van der Waals surface area contributed by atoms with Crippen LogP contribution in [0.15, 0.2) is 64.0 Å². The number of ether oxygens (including phenoxy) is 2. The molecule has 0 saturated carbocycles. The average Bonchev–Trinajstić information content (AvgIpc) is 3.12. The van der Waals surface area contributed by atoms with Gasteiger partial charge in [-0.05, 0) is 93.8 Å². The van der Waals surface area contributed by atoms with E-state index >= 15 is 0 Å². The van der Waals surface area contributed by atoms with Crippen LogP contribution >= 0.6 is 50.9 Å². The first-order valence-electron chi connectivity index (χ1n) is 11.2. The van der Waals surface area contributed by atoms with E-state index in [2.05, 4.69) is 21.2 Å². The molecule has 3 aromatic carbocycles. The molecule has 11 heteroatoms. The fraction of sp³-hybridized carbons (Fsp3) is 0.148. The van der Waals surface area contributed by atoms with Crippen LogP contribution in [-0.4, -0.2) is 35.7 Å². The van der Waals surface area contributed by atoms with E-state index in [1.807, 2.05) is 13.0 Å². The Labute approximate surface area is 242 Å². The van der Waals surface area contributed by atoms with Crippen molar-refractivity contribution >= 4 is 79.7 Å². The number of anilines is 1. The molecule has 0 aliphatic carbocycles. The second-order valence-corrected chi connectivity index (χ2v) is 10.9. The zero-order valence-corrected chi connectivity index (χ0v) is 24.1. The van der Waals surface area contributed by atoms with Gasteiger partial charge in [-0.1, -0.05) is 41.4 Å². The van der Waals surface area contributed by atoms with Gasteiger partial charge in [0.05, 0.1) is 23.0 Å². The largest absolute Gasteiger partial charge is 0.493 e. The molecule has 0 radical (unpaired) electrons. The van der Waals surface area contributed by atoms with Crippen LogP contribution in [0, 0.1) is 6.92 Å². The highest BCUT2D eigenvalue weighted by Gasteiger charge is 2.35. The zero-order chi connectivity index (χ0) is 27.4. The highest BCUT2D eigenvalue weighted by molar-refractivity contribution is 9.10. The summed E-state index contributed by atoms with van der Waals surface area (Å²) in [5.74, 6) is -0.120. The number of rotatable bonds is 8. The molecule has 0 spiro atoms. The molecule has 0 bridgehead atoms. The summed E-state index contributed by atoms with van der Waals surface area (Å²) in [6.45, 7) is 1.72. The molecule has 1 heterocycles. The predicted octanol–water partition coefficient (Wildman–Crippen LogP) is 7.33. The van der Waals surface area contributed by atoms with Crippen molar-refractivity contribution in [2.45, 2.75) is 13.5 Å². The van der Waals surface area contributed by atoms with Gasteiger partial charge in [0.15, 0.2) is 18.1 Å². The summed E-state index contributed by atoms with van der Waals surface area (Å²) in [4.78, 5) is 39.3. The molecule has 3 amide bonds. The van der Waals surface area contributed by atoms with Crippen LogP contribution in [0.25, 0.3) is 6.08 Å². The number of carbonyl (C=O) groups is 3. The van der Waals surface area contributed by atoms with E-state index in [9.17, 15) is 14.4 Å². The van der Waals surface area contributed by atoms with Crippen molar-refractivity contribution in [2.24, 2.45) is 0 Å². The molecule has 1 fully saturated rings. The van der Waals surface area contributed by atoms with E-state index in [4.69, 9.17) is 32.7 Å². The van der Waals surface area contributed by atoms with Gasteiger partial charge in [-0.3, -0.25) is 19.3 Å². The third kappa shape index (κ3) is 6.71. The molecule has 0 unspecified atom stereocenters. The predicted molar refractivity (Wildman–Crippen MR) is 154 cm³/mol. The van der Waals surface area contributed by atoms with Crippen molar-refractivity contribution in [2.75, 3.05) is 19.0 Å². The third-order valence-corrected chi connectivity index (χ3v) is 7.59. The number of benzene rings is 3. The Bertz CT molecular complexity index is 1460. The van der Waals surface area contributed by atoms with Crippen molar-refractivity contribution in [3.8, 4) is 11.5 Å². The fourth-order valence-electron chi connectivity index (χ4n) is 3.57. The maximum Gasteiger partial charge on any atom is 0.293 e. The number of carbonyl (C=O) groups excluding carboxylic acids is 3. The first-order chi connectivity index (χ1) is 18.1. The van der Waals surface area contributed by atoms with Gasteiger partial charge in [0.2, 0.25) is 0 Å². The quantitative estimate of drug-likeness (QED) is 0.261. The number of halogens is 3. The van der Waals surface area contributed by atoms with E-state index in [0.29, 0.717) is 37.3 Å². The van der Waals surface area contributed by atoms with E-state index < -0.39 is 5.91 Å². The number of nitrogens with one attached hydrogen (secondary N) is 1. The summed E-state index contributed by atoms with van der Waals surface area (Å²) in [7, 11) is 1.46. The number of amides is 3. The average molecular weight is 636 g/mol. The van der Waals surface area contributed by atoms with Crippen molar-refractivity contribution in [3.63, 3.8) is 0 Å². The second kappa shape index (κ2) is 12.3. The molecule has 0 aromatic heterocycles. The van der Waals surface area contributed by atoms with Crippen LogP contribution in [-0.2, 0) is 16.1 Å². The van der Waals surface area contributed by atoms with Crippen LogP contribution in [0.1, 0.15) is 16.7 Å². The number of thioether (sulfide) groups is 1. The molecule has 7 nitrogen and oxygen atoms in total. The lowest BCUT2D eigenvalue weighted by Gasteiger charge is -2.14. The lowest BCUT2D eigenvalue weighted by molar-refractivity contribution is -0.123. The Balaban J connectivity index is 1.46. The minimum atomic E-state index is -0.400. The second-order valence-electron chi connectivity index (χ2n) is 8.23. The molecule has 196 valence electrons. The van der Waals surface area contributed by atoms with Gasteiger partial charge in [0.1, 0.15) is 0 Å². The number of methoxy groups -OCH3 is 1. The summed E-state index contributed by atoms with van der Waals surface area (Å²) in [5, 5.41) is 3.44. The first-order valence-corrected chi connectivity index (χ1v) is 13.6. The molecule has 1 saturated heterocycles. The maximum atomic E-state index is 12.9. The maximum absolute atomic E-state index is 12.9. The first kappa shape index (κ1) is 28.0. The van der Waals surface area contributed by atoms with Gasteiger partial charge >= 0.3 is 0 Å². The van der Waals surface area contributed by atoms with Crippen molar-refractivity contribution < 1.29 is 23.9 Å². The molecule has 4 rings (SSSR count). The van der Waals surface area contributed by atoms with Crippen LogP contribution in [0.2, 0.25) is 10.0 Å².